The summed E-state index contributed by atoms with van der Waals surface area (Å²) < 4.78 is 42.7. The smallest absolute Gasteiger partial charge is 0.350 e. The number of alkyl halides is 3. The van der Waals surface area contributed by atoms with Crippen molar-refractivity contribution < 1.29 is 22.8 Å². The average Bonchev–Trinajstić information content (AvgIpc) is 3.31. The van der Waals surface area contributed by atoms with Gasteiger partial charge in [0.05, 0.1) is 21.8 Å². The number of nitrogens with zero attached hydrogens (tertiary/aromatic N) is 3. The Balaban J connectivity index is 1.55. The van der Waals surface area contributed by atoms with E-state index < -0.39 is 28.6 Å². The lowest BCUT2D eigenvalue weighted by Crippen LogP contribution is -2.50. The molecule has 0 bridgehead atoms. The second-order valence-electron chi connectivity index (χ2n) is 8.16. The van der Waals surface area contributed by atoms with Crippen LogP contribution in [0.5, 0.6) is 0 Å². The normalized spacial score (nSPS) is 23.4. The summed E-state index contributed by atoms with van der Waals surface area (Å²) in [6, 6.07) is 5.10. The van der Waals surface area contributed by atoms with Gasteiger partial charge >= 0.3 is 6.18 Å². The molecule has 1 aromatic carbocycles. The third-order valence-corrected chi connectivity index (χ3v) is 7.36. The van der Waals surface area contributed by atoms with Crippen LogP contribution in [0.2, 0.25) is 0 Å². The van der Waals surface area contributed by atoms with Crippen LogP contribution in [0.25, 0.3) is 5.69 Å². The zero-order valence-corrected chi connectivity index (χ0v) is 18.2. The van der Waals surface area contributed by atoms with Gasteiger partial charge in [-0.2, -0.15) is 18.3 Å². The summed E-state index contributed by atoms with van der Waals surface area (Å²) in [4.78, 5) is 26.1. The summed E-state index contributed by atoms with van der Waals surface area (Å²) in [5.74, 6) is -0.0723. The maximum Gasteiger partial charge on any atom is 0.416 e. The van der Waals surface area contributed by atoms with Gasteiger partial charge in [-0.25, -0.2) is 4.68 Å². The Morgan fingerprint density at radius 1 is 1.32 bits per heavy atom. The summed E-state index contributed by atoms with van der Waals surface area (Å²) in [5, 5.41) is 6.85. The molecule has 1 N–H and O–H groups in total. The molecule has 2 atom stereocenters. The minimum Gasteiger partial charge on any atom is -0.350 e. The molecule has 31 heavy (non-hydrogen) atoms. The standard InChI is InChI=1S/C21H23F3N4O2S/c1-12-8-13(2)28(26-12)15-5-4-14(16(9-15)21(22,23)24)10-25-19(30)17-11-31-20(3)7-6-18(29)27(17)20/h4-5,8-9,17H,6-7,10-11H2,1-3H3,(H,25,30). The number of aromatic nitrogens is 2. The number of halogens is 3. The first-order valence-corrected chi connectivity index (χ1v) is 11.0. The molecule has 2 unspecified atom stereocenters. The Hall–Kier alpha value is -2.49. The van der Waals surface area contributed by atoms with E-state index in [9.17, 15) is 22.8 Å². The highest BCUT2D eigenvalue weighted by molar-refractivity contribution is 8.01. The number of thioether (sulfide) groups is 1. The van der Waals surface area contributed by atoms with Crippen LogP contribution in [0, 0.1) is 13.8 Å². The Morgan fingerprint density at radius 2 is 2.06 bits per heavy atom. The van der Waals surface area contributed by atoms with Crippen LogP contribution in [0.3, 0.4) is 0 Å². The Bertz CT molecular complexity index is 1050. The molecule has 3 heterocycles. The molecule has 2 amide bonds. The number of aryl methyl sites for hydroxylation is 2. The molecule has 0 saturated carbocycles. The van der Waals surface area contributed by atoms with Crippen molar-refractivity contribution in [3.8, 4) is 5.69 Å². The molecular formula is C21H23F3N4O2S. The quantitative estimate of drug-likeness (QED) is 0.770. The van der Waals surface area contributed by atoms with Crippen molar-refractivity contribution in [3.05, 3.63) is 46.8 Å². The number of benzene rings is 1. The van der Waals surface area contributed by atoms with Gasteiger partial charge in [-0.3, -0.25) is 9.59 Å². The molecule has 2 aliphatic heterocycles. The van der Waals surface area contributed by atoms with E-state index in [1.807, 2.05) is 6.92 Å². The molecule has 166 valence electrons. The number of nitrogens with one attached hydrogen (secondary N) is 1. The van der Waals surface area contributed by atoms with Crippen molar-refractivity contribution in [2.45, 2.75) is 57.2 Å². The predicted molar refractivity (Wildman–Crippen MR) is 111 cm³/mol. The number of hydrogen-bond donors (Lipinski definition) is 1. The number of carbonyl (C=O) groups excluding carboxylic acids is 2. The number of amides is 2. The van der Waals surface area contributed by atoms with Crippen molar-refractivity contribution >= 4 is 23.6 Å². The molecule has 4 rings (SSSR count). The minimum atomic E-state index is -4.58. The van der Waals surface area contributed by atoms with Crippen molar-refractivity contribution in [2.75, 3.05) is 5.75 Å². The van der Waals surface area contributed by atoms with E-state index in [-0.39, 0.29) is 18.0 Å². The minimum absolute atomic E-state index is 0.0349. The zero-order chi connectivity index (χ0) is 22.6. The second kappa shape index (κ2) is 7.58. The lowest BCUT2D eigenvalue weighted by Gasteiger charge is -2.30. The first kappa shape index (κ1) is 21.7. The maximum absolute atomic E-state index is 13.8. The summed E-state index contributed by atoms with van der Waals surface area (Å²) in [7, 11) is 0. The molecule has 0 aliphatic carbocycles. The van der Waals surface area contributed by atoms with Crippen molar-refractivity contribution in [3.63, 3.8) is 0 Å². The van der Waals surface area contributed by atoms with Crippen LogP contribution in [-0.2, 0) is 22.3 Å². The fourth-order valence-corrected chi connectivity index (χ4v) is 5.75. The molecule has 0 radical (unpaired) electrons. The summed E-state index contributed by atoms with van der Waals surface area (Å²) in [6.07, 6.45) is -3.52. The molecule has 0 spiro atoms. The van der Waals surface area contributed by atoms with Crippen LogP contribution in [0.4, 0.5) is 13.2 Å². The van der Waals surface area contributed by atoms with E-state index in [4.69, 9.17) is 0 Å². The van der Waals surface area contributed by atoms with Crippen LogP contribution in [-0.4, -0.2) is 43.2 Å². The third kappa shape index (κ3) is 3.93. The molecule has 2 saturated heterocycles. The highest BCUT2D eigenvalue weighted by Crippen LogP contribution is 2.47. The summed E-state index contributed by atoms with van der Waals surface area (Å²) in [6.45, 7) is 5.20. The fraction of sp³-hybridized carbons (Fsp3) is 0.476. The van der Waals surface area contributed by atoms with Crippen LogP contribution in [0.15, 0.2) is 24.3 Å². The Kier molecular flexibility index (Phi) is 5.31. The second-order valence-corrected chi connectivity index (χ2v) is 9.66. The van der Waals surface area contributed by atoms with Gasteiger partial charge in [-0.15, -0.1) is 11.8 Å². The van der Waals surface area contributed by atoms with Crippen molar-refractivity contribution in [2.24, 2.45) is 0 Å². The zero-order valence-electron chi connectivity index (χ0n) is 17.4. The van der Waals surface area contributed by atoms with Gasteiger partial charge in [0.25, 0.3) is 0 Å². The van der Waals surface area contributed by atoms with Crippen molar-refractivity contribution in [1.82, 2.24) is 20.0 Å². The first-order chi connectivity index (χ1) is 14.5. The van der Waals surface area contributed by atoms with Crippen LogP contribution < -0.4 is 5.32 Å². The lowest BCUT2D eigenvalue weighted by atomic mass is 10.1. The Labute approximate surface area is 182 Å². The van der Waals surface area contributed by atoms with Gasteiger partial charge in [0.2, 0.25) is 11.8 Å². The van der Waals surface area contributed by atoms with E-state index in [2.05, 4.69) is 10.4 Å². The molecule has 1 aromatic heterocycles. The molecular weight excluding hydrogens is 429 g/mol. The molecule has 10 heteroatoms. The number of hydrogen-bond acceptors (Lipinski definition) is 4. The van der Waals surface area contributed by atoms with E-state index in [0.29, 0.717) is 30.0 Å². The Morgan fingerprint density at radius 3 is 2.71 bits per heavy atom. The van der Waals surface area contributed by atoms with Gasteiger partial charge in [-0.05, 0) is 51.0 Å². The first-order valence-electron chi connectivity index (χ1n) is 9.97. The lowest BCUT2D eigenvalue weighted by molar-refractivity contribution is -0.139. The van der Waals surface area contributed by atoms with Gasteiger partial charge < -0.3 is 10.2 Å². The molecule has 2 fully saturated rings. The highest BCUT2D eigenvalue weighted by Gasteiger charge is 2.52. The van der Waals surface area contributed by atoms with E-state index in [0.717, 1.165) is 11.8 Å². The highest BCUT2D eigenvalue weighted by atomic mass is 32.2. The average molecular weight is 453 g/mol. The van der Waals surface area contributed by atoms with E-state index in [1.165, 1.54) is 10.7 Å². The summed E-state index contributed by atoms with van der Waals surface area (Å²) in [5.41, 5.74) is 0.885. The van der Waals surface area contributed by atoms with E-state index in [1.54, 1.807) is 42.6 Å². The van der Waals surface area contributed by atoms with Gasteiger partial charge in [-0.1, -0.05) is 6.07 Å². The molecule has 2 aromatic rings. The van der Waals surface area contributed by atoms with E-state index >= 15 is 0 Å². The number of rotatable bonds is 4. The van der Waals surface area contributed by atoms with Crippen LogP contribution in [0.1, 0.15) is 42.3 Å². The molecule has 6 nitrogen and oxygen atoms in total. The fourth-order valence-electron chi connectivity index (χ4n) is 4.32. The number of carbonyl (C=O) groups is 2. The number of fused-ring (bicyclic) bond motifs is 1. The van der Waals surface area contributed by atoms with Crippen molar-refractivity contribution in [1.29, 1.82) is 0 Å². The van der Waals surface area contributed by atoms with Crippen LogP contribution >= 0.6 is 11.8 Å². The SMILES string of the molecule is Cc1cc(C)n(-c2ccc(CNC(=O)C3CSC4(C)CCC(=O)N34)c(C(F)(F)F)c2)n1. The predicted octanol–water partition coefficient (Wildman–Crippen LogP) is 3.58. The van der Waals surface area contributed by atoms with Gasteiger partial charge in [0, 0.05) is 24.4 Å². The monoisotopic (exact) mass is 452 g/mol. The van der Waals surface area contributed by atoms with Gasteiger partial charge in [0.15, 0.2) is 0 Å². The largest absolute Gasteiger partial charge is 0.416 e. The third-order valence-electron chi connectivity index (χ3n) is 5.85. The maximum atomic E-state index is 13.8. The topological polar surface area (TPSA) is 67.2 Å². The molecule has 2 aliphatic rings. The summed E-state index contributed by atoms with van der Waals surface area (Å²) >= 11 is 1.54. The van der Waals surface area contributed by atoms with Gasteiger partial charge in [0.1, 0.15) is 6.04 Å².